The number of carbonyl (C=O) groups is 1. The average molecular weight is 318 g/mol. The van der Waals surface area contributed by atoms with Crippen LogP contribution in [0.1, 0.15) is 37.0 Å². The van der Waals surface area contributed by atoms with E-state index in [-0.39, 0.29) is 23.2 Å². The number of aryl methyl sites for hydroxylation is 1. The van der Waals surface area contributed by atoms with Crippen molar-refractivity contribution in [3.8, 4) is 0 Å². The largest absolute Gasteiger partial charge is 0.462 e. The van der Waals surface area contributed by atoms with E-state index in [9.17, 15) is 19.7 Å². The molecule has 0 aliphatic rings. The van der Waals surface area contributed by atoms with Crippen molar-refractivity contribution in [2.24, 2.45) is 0 Å². The second-order valence-corrected chi connectivity index (χ2v) is 5.10. The molecule has 0 aliphatic carbocycles. The van der Waals surface area contributed by atoms with E-state index in [2.05, 4.69) is 0 Å². The topological polar surface area (TPSA) is 91.4 Å². The third kappa shape index (κ3) is 3.39. The van der Waals surface area contributed by atoms with Crippen molar-refractivity contribution in [3.05, 3.63) is 50.3 Å². The zero-order valence-electron chi connectivity index (χ0n) is 13.1. The lowest BCUT2D eigenvalue weighted by Crippen LogP contribution is -2.21. The van der Waals surface area contributed by atoms with Gasteiger partial charge >= 0.3 is 5.97 Å². The molecule has 0 radical (unpaired) electrons. The molecule has 0 bridgehead atoms. The van der Waals surface area contributed by atoms with Crippen molar-refractivity contribution in [1.82, 2.24) is 4.57 Å². The summed E-state index contributed by atoms with van der Waals surface area (Å²) in [5, 5.41) is 11.2. The molecule has 2 aromatic rings. The number of non-ortho nitro benzene ring substituents is 1. The minimum atomic E-state index is -0.678. The van der Waals surface area contributed by atoms with Crippen LogP contribution in [0.3, 0.4) is 0 Å². The normalized spacial score (nSPS) is 10.7. The van der Waals surface area contributed by atoms with Gasteiger partial charge in [-0.15, -0.1) is 0 Å². The number of ether oxygens (including phenoxy) is 1. The van der Waals surface area contributed by atoms with Gasteiger partial charge in [0.1, 0.15) is 5.56 Å². The van der Waals surface area contributed by atoms with Crippen LogP contribution in [0.5, 0.6) is 0 Å². The first kappa shape index (κ1) is 16.7. The monoisotopic (exact) mass is 318 g/mol. The predicted octanol–water partition coefficient (Wildman–Crippen LogP) is 2.89. The molecule has 0 atom stereocenters. The van der Waals surface area contributed by atoms with E-state index in [0.29, 0.717) is 12.1 Å². The molecule has 23 heavy (non-hydrogen) atoms. The minimum Gasteiger partial charge on any atom is -0.462 e. The molecule has 0 N–H and O–H groups in total. The van der Waals surface area contributed by atoms with Crippen molar-refractivity contribution in [2.75, 3.05) is 6.61 Å². The number of hydrogen-bond donors (Lipinski definition) is 0. The highest BCUT2D eigenvalue weighted by Crippen LogP contribution is 2.20. The summed E-state index contributed by atoms with van der Waals surface area (Å²) < 4.78 is 6.63. The third-order valence-electron chi connectivity index (χ3n) is 3.52. The predicted molar refractivity (Wildman–Crippen MR) is 85.7 cm³/mol. The number of unbranched alkanes of at least 4 members (excludes halogenated alkanes) is 1. The summed E-state index contributed by atoms with van der Waals surface area (Å²) in [7, 11) is 0. The summed E-state index contributed by atoms with van der Waals surface area (Å²) in [6, 6.07) is 4.02. The van der Waals surface area contributed by atoms with Gasteiger partial charge in [-0.25, -0.2) is 4.79 Å². The standard InChI is InChI=1S/C16H18N2O5/c1-3-5-8-17-10-13(16(20)23-4-2)15(19)12-7-6-11(18(21)22)9-14(12)17/h6-7,9-10H,3-5,8H2,1-2H3. The maximum atomic E-state index is 12.5. The number of benzene rings is 1. The van der Waals surface area contributed by atoms with E-state index in [1.807, 2.05) is 6.92 Å². The van der Waals surface area contributed by atoms with E-state index in [1.165, 1.54) is 24.4 Å². The van der Waals surface area contributed by atoms with Crippen molar-refractivity contribution in [2.45, 2.75) is 33.2 Å². The number of esters is 1. The zero-order valence-corrected chi connectivity index (χ0v) is 13.1. The number of nitrogens with zero attached hydrogens (tertiary/aromatic N) is 2. The fourth-order valence-electron chi connectivity index (χ4n) is 2.36. The summed E-state index contributed by atoms with van der Waals surface area (Å²) in [4.78, 5) is 34.9. The second kappa shape index (κ2) is 7.04. The summed E-state index contributed by atoms with van der Waals surface area (Å²) in [5.41, 5.74) is -0.165. The molecular formula is C16H18N2O5. The summed E-state index contributed by atoms with van der Waals surface area (Å²) in [6.07, 6.45) is 3.17. The lowest BCUT2D eigenvalue weighted by molar-refractivity contribution is -0.384. The smallest absolute Gasteiger partial charge is 0.343 e. The number of rotatable bonds is 6. The van der Waals surface area contributed by atoms with Gasteiger partial charge in [0.05, 0.1) is 17.0 Å². The van der Waals surface area contributed by atoms with Crippen LogP contribution in [0.2, 0.25) is 0 Å². The van der Waals surface area contributed by atoms with Crippen LogP contribution < -0.4 is 5.43 Å². The van der Waals surface area contributed by atoms with Crippen LogP contribution in [0, 0.1) is 10.1 Å². The van der Waals surface area contributed by atoms with Gasteiger partial charge in [0.25, 0.3) is 5.69 Å². The molecular weight excluding hydrogens is 300 g/mol. The number of nitro groups is 1. The first-order valence-electron chi connectivity index (χ1n) is 7.48. The van der Waals surface area contributed by atoms with E-state index in [4.69, 9.17) is 4.74 Å². The van der Waals surface area contributed by atoms with E-state index in [0.717, 1.165) is 12.8 Å². The molecule has 7 heteroatoms. The van der Waals surface area contributed by atoms with Gasteiger partial charge in [-0.3, -0.25) is 14.9 Å². The Bertz CT molecular complexity index is 810. The van der Waals surface area contributed by atoms with E-state index in [1.54, 1.807) is 11.5 Å². The van der Waals surface area contributed by atoms with Crippen LogP contribution in [-0.2, 0) is 11.3 Å². The van der Waals surface area contributed by atoms with Crippen LogP contribution >= 0.6 is 0 Å². The number of nitro benzene ring substituents is 1. The Morgan fingerprint density at radius 1 is 1.35 bits per heavy atom. The number of carbonyl (C=O) groups excluding carboxylic acids is 1. The molecule has 0 aliphatic heterocycles. The molecule has 7 nitrogen and oxygen atoms in total. The number of pyridine rings is 1. The number of hydrogen-bond acceptors (Lipinski definition) is 5. The number of fused-ring (bicyclic) bond motifs is 1. The average Bonchev–Trinajstić information content (AvgIpc) is 2.54. The van der Waals surface area contributed by atoms with E-state index >= 15 is 0 Å². The van der Waals surface area contributed by atoms with Gasteiger partial charge in [-0.05, 0) is 19.4 Å². The molecule has 122 valence electrons. The van der Waals surface area contributed by atoms with Crippen LogP contribution in [0.25, 0.3) is 10.9 Å². The maximum absolute atomic E-state index is 12.5. The van der Waals surface area contributed by atoms with Gasteiger partial charge in [0.15, 0.2) is 0 Å². The van der Waals surface area contributed by atoms with Crippen LogP contribution in [0.4, 0.5) is 5.69 Å². The lowest BCUT2D eigenvalue weighted by Gasteiger charge is -2.12. The Labute approximate surface area is 132 Å². The Hall–Kier alpha value is -2.70. The summed E-state index contributed by atoms with van der Waals surface area (Å²) >= 11 is 0. The van der Waals surface area contributed by atoms with Gasteiger partial charge < -0.3 is 9.30 Å². The van der Waals surface area contributed by atoms with Crippen LogP contribution in [-0.4, -0.2) is 22.1 Å². The van der Waals surface area contributed by atoms with Crippen molar-refractivity contribution in [3.63, 3.8) is 0 Å². The minimum absolute atomic E-state index is 0.0516. The molecule has 0 saturated carbocycles. The SMILES string of the molecule is CCCCn1cc(C(=O)OCC)c(=O)c2ccc([N+](=O)[O-])cc21. The van der Waals surface area contributed by atoms with Crippen LogP contribution in [0.15, 0.2) is 29.2 Å². The Morgan fingerprint density at radius 2 is 2.09 bits per heavy atom. The van der Waals surface area contributed by atoms with Gasteiger partial charge in [-0.1, -0.05) is 13.3 Å². The molecule has 0 spiro atoms. The van der Waals surface area contributed by atoms with Gasteiger partial charge in [0, 0.05) is 30.3 Å². The molecule has 0 fully saturated rings. The third-order valence-corrected chi connectivity index (χ3v) is 3.52. The molecule has 0 amide bonds. The maximum Gasteiger partial charge on any atom is 0.343 e. The Kier molecular flexibility index (Phi) is 5.10. The summed E-state index contributed by atoms with van der Waals surface area (Å²) in [6.45, 7) is 4.41. The zero-order chi connectivity index (χ0) is 17.0. The fraction of sp³-hybridized carbons (Fsp3) is 0.375. The molecule has 1 aromatic carbocycles. The first-order valence-corrected chi connectivity index (χ1v) is 7.48. The highest BCUT2D eigenvalue weighted by atomic mass is 16.6. The Morgan fingerprint density at radius 3 is 2.70 bits per heavy atom. The Balaban J connectivity index is 2.71. The first-order chi connectivity index (χ1) is 11.0. The molecule has 0 unspecified atom stereocenters. The van der Waals surface area contributed by atoms with Crippen molar-refractivity contribution >= 4 is 22.6 Å². The highest BCUT2D eigenvalue weighted by Gasteiger charge is 2.18. The summed E-state index contributed by atoms with van der Waals surface area (Å²) in [5.74, 6) is -0.678. The molecule has 1 heterocycles. The van der Waals surface area contributed by atoms with E-state index < -0.39 is 16.3 Å². The highest BCUT2D eigenvalue weighted by molar-refractivity contribution is 5.94. The van der Waals surface area contributed by atoms with Gasteiger partial charge in [-0.2, -0.15) is 0 Å². The van der Waals surface area contributed by atoms with Crippen molar-refractivity contribution < 1.29 is 14.5 Å². The number of aromatic nitrogens is 1. The molecule has 2 rings (SSSR count). The lowest BCUT2D eigenvalue weighted by atomic mass is 10.1. The fourth-order valence-corrected chi connectivity index (χ4v) is 2.36. The van der Waals surface area contributed by atoms with Crippen molar-refractivity contribution in [1.29, 1.82) is 0 Å². The molecule has 0 saturated heterocycles. The molecule has 1 aromatic heterocycles. The quantitative estimate of drug-likeness (QED) is 0.464. The van der Waals surface area contributed by atoms with Gasteiger partial charge in [0.2, 0.25) is 5.43 Å². The second-order valence-electron chi connectivity index (χ2n) is 5.10.